The standard InChI is InChI=1S/C10H12O3/c1-7(12)10(13)9-4-2-8(6-11)3-5-9/h2-5,10-11,13H,6H2,1H3. The summed E-state index contributed by atoms with van der Waals surface area (Å²) in [6, 6.07) is 6.64. The second kappa shape index (κ2) is 4.16. The Labute approximate surface area is 76.6 Å². The summed E-state index contributed by atoms with van der Waals surface area (Å²) in [5.74, 6) is -0.281. The summed E-state index contributed by atoms with van der Waals surface area (Å²) in [6.07, 6.45) is -1.05. The Balaban J connectivity index is 2.85. The van der Waals surface area contributed by atoms with Crippen LogP contribution in [0, 0.1) is 0 Å². The van der Waals surface area contributed by atoms with Gasteiger partial charge in [0.15, 0.2) is 5.78 Å². The highest BCUT2D eigenvalue weighted by Gasteiger charge is 2.11. The van der Waals surface area contributed by atoms with Gasteiger partial charge in [-0.3, -0.25) is 4.79 Å². The van der Waals surface area contributed by atoms with Gasteiger partial charge in [0.1, 0.15) is 6.10 Å². The minimum Gasteiger partial charge on any atom is -0.392 e. The zero-order valence-electron chi connectivity index (χ0n) is 7.40. The molecule has 0 fully saturated rings. The first-order chi connectivity index (χ1) is 6.15. The van der Waals surface area contributed by atoms with Gasteiger partial charge in [-0.05, 0) is 18.1 Å². The summed E-state index contributed by atoms with van der Waals surface area (Å²) in [7, 11) is 0. The van der Waals surface area contributed by atoms with E-state index in [-0.39, 0.29) is 12.4 Å². The molecular formula is C10H12O3. The molecule has 0 aliphatic heterocycles. The smallest absolute Gasteiger partial charge is 0.162 e. The molecule has 13 heavy (non-hydrogen) atoms. The summed E-state index contributed by atoms with van der Waals surface area (Å²) < 4.78 is 0. The molecular weight excluding hydrogens is 168 g/mol. The number of carbonyl (C=O) groups is 1. The summed E-state index contributed by atoms with van der Waals surface area (Å²) in [5.41, 5.74) is 1.32. The van der Waals surface area contributed by atoms with Crippen LogP contribution in [0.5, 0.6) is 0 Å². The Kier molecular flexibility index (Phi) is 3.17. The maximum absolute atomic E-state index is 10.8. The molecule has 1 atom stereocenters. The molecule has 0 aliphatic carbocycles. The van der Waals surface area contributed by atoms with Crippen molar-refractivity contribution in [3.8, 4) is 0 Å². The van der Waals surface area contributed by atoms with Crippen LogP contribution >= 0.6 is 0 Å². The second-order valence-electron chi connectivity index (χ2n) is 2.91. The molecule has 70 valence electrons. The summed E-state index contributed by atoms with van der Waals surface area (Å²) in [6.45, 7) is 1.31. The Hall–Kier alpha value is -1.19. The Morgan fingerprint density at radius 3 is 2.31 bits per heavy atom. The summed E-state index contributed by atoms with van der Waals surface area (Å²) in [5, 5.41) is 18.1. The lowest BCUT2D eigenvalue weighted by atomic mass is 10.0. The lowest BCUT2D eigenvalue weighted by Crippen LogP contribution is -2.07. The predicted octanol–water partition coefficient (Wildman–Crippen LogP) is 0.801. The third-order valence-corrected chi connectivity index (χ3v) is 1.86. The molecule has 0 aliphatic rings. The monoisotopic (exact) mass is 180 g/mol. The van der Waals surface area contributed by atoms with Crippen LogP contribution in [0.4, 0.5) is 0 Å². The summed E-state index contributed by atoms with van der Waals surface area (Å²) in [4.78, 5) is 10.8. The van der Waals surface area contributed by atoms with Crippen molar-refractivity contribution in [3.05, 3.63) is 35.4 Å². The Morgan fingerprint density at radius 2 is 1.92 bits per heavy atom. The van der Waals surface area contributed by atoms with E-state index >= 15 is 0 Å². The van der Waals surface area contributed by atoms with Crippen LogP contribution in [0.25, 0.3) is 0 Å². The first kappa shape index (κ1) is 9.89. The molecule has 2 N–H and O–H groups in total. The van der Waals surface area contributed by atoms with E-state index in [1.165, 1.54) is 6.92 Å². The molecule has 0 saturated heterocycles. The molecule has 1 aromatic rings. The molecule has 0 saturated carbocycles. The van der Waals surface area contributed by atoms with E-state index in [0.29, 0.717) is 5.56 Å². The van der Waals surface area contributed by atoms with E-state index in [4.69, 9.17) is 5.11 Å². The molecule has 1 aromatic carbocycles. The van der Waals surface area contributed by atoms with Crippen LogP contribution in [0.2, 0.25) is 0 Å². The van der Waals surface area contributed by atoms with Crippen LogP contribution in [0.3, 0.4) is 0 Å². The third-order valence-electron chi connectivity index (χ3n) is 1.86. The number of carbonyl (C=O) groups excluding carboxylic acids is 1. The maximum atomic E-state index is 10.8. The number of benzene rings is 1. The van der Waals surface area contributed by atoms with Gasteiger partial charge in [0, 0.05) is 0 Å². The van der Waals surface area contributed by atoms with Gasteiger partial charge in [-0.25, -0.2) is 0 Å². The Morgan fingerprint density at radius 1 is 1.38 bits per heavy atom. The molecule has 0 aromatic heterocycles. The lowest BCUT2D eigenvalue weighted by Gasteiger charge is -2.06. The van der Waals surface area contributed by atoms with Gasteiger partial charge in [0.2, 0.25) is 0 Å². The number of hydrogen-bond acceptors (Lipinski definition) is 3. The highest BCUT2D eigenvalue weighted by Crippen LogP contribution is 2.14. The number of aliphatic hydroxyl groups is 2. The molecule has 0 amide bonds. The van der Waals surface area contributed by atoms with Gasteiger partial charge in [-0.1, -0.05) is 24.3 Å². The maximum Gasteiger partial charge on any atom is 0.162 e. The zero-order valence-corrected chi connectivity index (χ0v) is 7.40. The molecule has 0 spiro atoms. The van der Waals surface area contributed by atoms with Crippen LogP contribution in [0.15, 0.2) is 24.3 Å². The molecule has 1 rings (SSSR count). The van der Waals surface area contributed by atoms with Crippen molar-refractivity contribution in [3.63, 3.8) is 0 Å². The first-order valence-electron chi connectivity index (χ1n) is 4.03. The normalized spacial score (nSPS) is 12.5. The van der Waals surface area contributed by atoms with E-state index in [9.17, 15) is 9.90 Å². The van der Waals surface area contributed by atoms with E-state index in [1.54, 1.807) is 24.3 Å². The van der Waals surface area contributed by atoms with Gasteiger partial charge in [-0.2, -0.15) is 0 Å². The van der Waals surface area contributed by atoms with Crippen molar-refractivity contribution in [2.24, 2.45) is 0 Å². The highest BCUT2D eigenvalue weighted by atomic mass is 16.3. The molecule has 1 unspecified atom stereocenters. The van der Waals surface area contributed by atoms with Crippen molar-refractivity contribution >= 4 is 5.78 Å². The SMILES string of the molecule is CC(=O)C(O)c1ccc(CO)cc1. The molecule has 0 heterocycles. The quantitative estimate of drug-likeness (QED) is 0.723. The van der Waals surface area contributed by atoms with Crippen molar-refractivity contribution < 1.29 is 15.0 Å². The molecule has 3 nitrogen and oxygen atoms in total. The lowest BCUT2D eigenvalue weighted by molar-refractivity contribution is -0.125. The number of ketones is 1. The van der Waals surface area contributed by atoms with Crippen LogP contribution in [0.1, 0.15) is 24.2 Å². The topological polar surface area (TPSA) is 57.5 Å². The van der Waals surface area contributed by atoms with Gasteiger partial charge in [0.05, 0.1) is 6.61 Å². The van der Waals surface area contributed by atoms with Crippen molar-refractivity contribution in [2.45, 2.75) is 19.6 Å². The van der Waals surface area contributed by atoms with Crippen molar-refractivity contribution in [2.75, 3.05) is 0 Å². The van der Waals surface area contributed by atoms with E-state index in [0.717, 1.165) is 5.56 Å². The Bertz CT molecular complexity index is 290. The number of rotatable bonds is 3. The minimum absolute atomic E-state index is 0.0313. The average molecular weight is 180 g/mol. The second-order valence-corrected chi connectivity index (χ2v) is 2.91. The fourth-order valence-corrected chi connectivity index (χ4v) is 1.04. The number of Topliss-reactive ketones (excluding diaryl/α,β-unsaturated/α-hetero) is 1. The van der Waals surface area contributed by atoms with Gasteiger partial charge in [-0.15, -0.1) is 0 Å². The molecule has 0 radical (unpaired) electrons. The predicted molar refractivity (Wildman–Crippen MR) is 48.0 cm³/mol. The first-order valence-corrected chi connectivity index (χ1v) is 4.03. The number of aliphatic hydroxyl groups excluding tert-OH is 2. The van der Waals surface area contributed by atoms with Crippen LogP contribution in [-0.2, 0) is 11.4 Å². The van der Waals surface area contributed by atoms with Crippen LogP contribution < -0.4 is 0 Å². The average Bonchev–Trinajstić information content (AvgIpc) is 2.17. The van der Waals surface area contributed by atoms with E-state index in [2.05, 4.69) is 0 Å². The molecule has 0 bridgehead atoms. The fourth-order valence-electron chi connectivity index (χ4n) is 1.04. The van der Waals surface area contributed by atoms with Gasteiger partial charge in [0.25, 0.3) is 0 Å². The fraction of sp³-hybridized carbons (Fsp3) is 0.300. The van der Waals surface area contributed by atoms with E-state index in [1.807, 2.05) is 0 Å². The van der Waals surface area contributed by atoms with E-state index < -0.39 is 6.10 Å². The zero-order chi connectivity index (χ0) is 9.84. The number of hydrogen-bond donors (Lipinski definition) is 2. The molecule has 3 heteroatoms. The highest BCUT2D eigenvalue weighted by molar-refractivity contribution is 5.81. The minimum atomic E-state index is -1.05. The largest absolute Gasteiger partial charge is 0.392 e. The van der Waals surface area contributed by atoms with Crippen LogP contribution in [-0.4, -0.2) is 16.0 Å². The van der Waals surface area contributed by atoms with Crippen molar-refractivity contribution in [1.82, 2.24) is 0 Å². The third kappa shape index (κ3) is 2.37. The van der Waals surface area contributed by atoms with Gasteiger partial charge < -0.3 is 10.2 Å². The van der Waals surface area contributed by atoms with Gasteiger partial charge >= 0.3 is 0 Å². The summed E-state index contributed by atoms with van der Waals surface area (Å²) >= 11 is 0. The van der Waals surface area contributed by atoms with Crippen molar-refractivity contribution in [1.29, 1.82) is 0 Å².